The van der Waals surface area contributed by atoms with E-state index < -0.39 is 0 Å². The van der Waals surface area contributed by atoms with E-state index in [4.69, 9.17) is 27.9 Å². The molecule has 0 atom stereocenters. The Labute approximate surface area is 141 Å². The Morgan fingerprint density at radius 2 is 1.73 bits per heavy atom. The van der Waals surface area contributed by atoms with Crippen LogP contribution in [0.5, 0.6) is 5.75 Å². The van der Waals surface area contributed by atoms with Crippen LogP contribution in [0.4, 0.5) is 5.69 Å². The van der Waals surface area contributed by atoms with Gasteiger partial charge in [0.05, 0.1) is 22.3 Å². The van der Waals surface area contributed by atoms with Crippen LogP contribution in [0.2, 0.25) is 10.0 Å². The normalized spacial score (nSPS) is 11.1. The molecule has 22 heavy (non-hydrogen) atoms. The molecule has 116 valence electrons. The van der Waals surface area contributed by atoms with Crippen molar-refractivity contribution in [2.75, 3.05) is 6.61 Å². The molecule has 0 bridgehead atoms. The van der Waals surface area contributed by atoms with Gasteiger partial charge in [0.2, 0.25) is 0 Å². The van der Waals surface area contributed by atoms with Crippen LogP contribution >= 0.6 is 23.2 Å². The molecule has 4 heteroatoms. The number of rotatable bonds is 5. The number of aliphatic imine (C=N–C) groups is 1. The summed E-state index contributed by atoms with van der Waals surface area (Å²) >= 11 is 12.5. The molecule has 0 saturated carbocycles. The van der Waals surface area contributed by atoms with Gasteiger partial charge in [-0.2, -0.15) is 0 Å². The van der Waals surface area contributed by atoms with Crippen LogP contribution in [-0.2, 0) is 0 Å². The minimum atomic E-state index is 0.502. The quantitative estimate of drug-likeness (QED) is 0.600. The number of ether oxygens (including phenoxy) is 1. The highest BCUT2D eigenvalue weighted by Crippen LogP contribution is 2.34. The van der Waals surface area contributed by atoms with Gasteiger partial charge in [0.1, 0.15) is 0 Å². The monoisotopic (exact) mass is 335 g/mol. The van der Waals surface area contributed by atoms with Gasteiger partial charge in [0.25, 0.3) is 0 Å². The zero-order valence-electron chi connectivity index (χ0n) is 13.0. The molecule has 0 aliphatic rings. The van der Waals surface area contributed by atoms with E-state index in [0.29, 0.717) is 22.4 Å². The number of hydrogen-bond donors (Lipinski definition) is 0. The van der Waals surface area contributed by atoms with Gasteiger partial charge in [-0.25, -0.2) is 0 Å². The predicted molar refractivity (Wildman–Crippen MR) is 95.4 cm³/mol. The largest absolute Gasteiger partial charge is 0.490 e. The molecule has 2 rings (SSSR count). The van der Waals surface area contributed by atoms with Crippen LogP contribution < -0.4 is 4.74 Å². The van der Waals surface area contributed by atoms with Crippen LogP contribution in [-0.4, -0.2) is 12.8 Å². The Kier molecular flexibility index (Phi) is 5.87. The molecule has 0 saturated heterocycles. The lowest BCUT2D eigenvalue weighted by Crippen LogP contribution is -1.97. The van der Waals surface area contributed by atoms with Gasteiger partial charge in [-0.1, -0.05) is 36.2 Å². The maximum Gasteiger partial charge on any atom is 0.156 e. The summed E-state index contributed by atoms with van der Waals surface area (Å²) in [6, 6.07) is 9.71. The Hall–Kier alpha value is -1.51. The zero-order valence-corrected chi connectivity index (χ0v) is 14.5. The van der Waals surface area contributed by atoms with Crippen LogP contribution in [0.15, 0.2) is 35.3 Å². The van der Waals surface area contributed by atoms with Gasteiger partial charge >= 0.3 is 0 Å². The SMILES string of the molecule is CCCOc1c(Cl)cc(C=Nc2ccc(C)c(C)c2)cc1Cl. The van der Waals surface area contributed by atoms with Gasteiger partial charge in [-0.05, 0) is 61.2 Å². The lowest BCUT2D eigenvalue weighted by Gasteiger charge is -2.09. The Balaban J connectivity index is 2.22. The summed E-state index contributed by atoms with van der Waals surface area (Å²) in [6.45, 7) is 6.78. The van der Waals surface area contributed by atoms with Crippen molar-refractivity contribution in [1.29, 1.82) is 0 Å². The second kappa shape index (κ2) is 7.66. The maximum absolute atomic E-state index is 6.23. The summed E-state index contributed by atoms with van der Waals surface area (Å²) in [5.41, 5.74) is 4.22. The van der Waals surface area contributed by atoms with E-state index in [1.807, 2.05) is 31.2 Å². The van der Waals surface area contributed by atoms with Gasteiger partial charge < -0.3 is 4.74 Å². The van der Waals surface area contributed by atoms with Gasteiger partial charge in [0, 0.05) is 6.21 Å². The average Bonchev–Trinajstić information content (AvgIpc) is 2.48. The lowest BCUT2D eigenvalue weighted by molar-refractivity contribution is 0.318. The van der Waals surface area contributed by atoms with Crippen LogP contribution in [0.25, 0.3) is 0 Å². The van der Waals surface area contributed by atoms with Gasteiger partial charge in [-0.15, -0.1) is 0 Å². The predicted octanol–water partition coefficient (Wildman–Crippen LogP) is 6.15. The van der Waals surface area contributed by atoms with Crippen LogP contribution in [0.1, 0.15) is 30.0 Å². The molecular weight excluding hydrogens is 317 g/mol. The van der Waals surface area contributed by atoms with E-state index in [2.05, 4.69) is 24.9 Å². The molecule has 0 aliphatic carbocycles. The molecule has 0 N–H and O–H groups in total. The summed E-state index contributed by atoms with van der Waals surface area (Å²) in [6.07, 6.45) is 2.66. The molecule has 0 amide bonds. The summed E-state index contributed by atoms with van der Waals surface area (Å²) in [4.78, 5) is 4.47. The number of nitrogens with zero attached hydrogens (tertiary/aromatic N) is 1. The second-order valence-corrected chi connectivity index (χ2v) is 6.00. The Bertz CT molecular complexity index is 672. The Morgan fingerprint density at radius 1 is 1.05 bits per heavy atom. The van der Waals surface area contributed by atoms with E-state index in [-0.39, 0.29) is 0 Å². The summed E-state index contributed by atoms with van der Waals surface area (Å²) in [7, 11) is 0. The van der Waals surface area contributed by atoms with Crippen molar-refractivity contribution in [3.63, 3.8) is 0 Å². The molecule has 0 aromatic heterocycles. The third kappa shape index (κ3) is 4.25. The number of benzene rings is 2. The van der Waals surface area contributed by atoms with Crippen molar-refractivity contribution in [3.05, 3.63) is 57.1 Å². The molecule has 0 radical (unpaired) electrons. The number of aryl methyl sites for hydroxylation is 2. The molecule has 0 spiro atoms. The molecular formula is C18H19Cl2NO. The molecule has 0 heterocycles. The van der Waals surface area contributed by atoms with Crippen molar-refractivity contribution >= 4 is 35.1 Å². The van der Waals surface area contributed by atoms with Crippen molar-refractivity contribution in [2.24, 2.45) is 4.99 Å². The third-order valence-corrected chi connectivity index (χ3v) is 3.89. The third-order valence-electron chi connectivity index (χ3n) is 3.32. The van der Waals surface area contributed by atoms with E-state index >= 15 is 0 Å². The van der Waals surface area contributed by atoms with Gasteiger partial charge in [-0.3, -0.25) is 4.99 Å². The van der Waals surface area contributed by atoms with E-state index in [1.165, 1.54) is 11.1 Å². The molecule has 2 nitrogen and oxygen atoms in total. The van der Waals surface area contributed by atoms with Crippen molar-refractivity contribution in [1.82, 2.24) is 0 Å². The van der Waals surface area contributed by atoms with E-state index in [9.17, 15) is 0 Å². The van der Waals surface area contributed by atoms with Gasteiger partial charge in [0.15, 0.2) is 5.75 Å². The topological polar surface area (TPSA) is 21.6 Å². The molecule has 2 aromatic carbocycles. The summed E-state index contributed by atoms with van der Waals surface area (Å²) in [5.74, 6) is 0.536. The maximum atomic E-state index is 6.23. The standard InChI is InChI=1S/C18H19Cl2NO/c1-4-7-22-18-16(19)9-14(10-17(18)20)11-21-15-6-5-12(2)13(3)8-15/h5-6,8-11H,4,7H2,1-3H3. The molecule has 0 aliphatic heterocycles. The van der Waals surface area contributed by atoms with Crippen LogP contribution in [0.3, 0.4) is 0 Å². The minimum Gasteiger partial charge on any atom is -0.490 e. The average molecular weight is 336 g/mol. The highest BCUT2D eigenvalue weighted by Gasteiger charge is 2.08. The first-order chi connectivity index (χ1) is 10.5. The minimum absolute atomic E-state index is 0.502. The highest BCUT2D eigenvalue weighted by atomic mass is 35.5. The first-order valence-corrected chi connectivity index (χ1v) is 8.00. The van der Waals surface area contributed by atoms with Crippen molar-refractivity contribution in [3.8, 4) is 5.75 Å². The molecule has 0 unspecified atom stereocenters. The second-order valence-electron chi connectivity index (χ2n) is 5.19. The first-order valence-electron chi connectivity index (χ1n) is 7.24. The first kappa shape index (κ1) is 16.9. The molecule has 2 aromatic rings. The fourth-order valence-electron chi connectivity index (χ4n) is 1.95. The highest BCUT2D eigenvalue weighted by molar-refractivity contribution is 6.37. The fourth-order valence-corrected chi connectivity index (χ4v) is 2.56. The summed E-state index contributed by atoms with van der Waals surface area (Å²) < 4.78 is 5.56. The summed E-state index contributed by atoms with van der Waals surface area (Å²) in [5, 5.41) is 1.00. The zero-order chi connectivity index (χ0) is 16.1. The fraction of sp³-hybridized carbons (Fsp3) is 0.278. The number of hydrogen-bond acceptors (Lipinski definition) is 2. The van der Waals surface area contributed by atoms with E-state index in [1.54, 1.807) is 6.21 Å². The smallest absolute Gasteiger partial charge is 0.156 e. The van der Waals surface area contributed by atoms with Crippen molar-refractivity contribution in [2.45, 2.75) is 27.2 Å². The molecule has 0 fully saturated rings. The van der Waals surface area contributed by atoms with E-state index in [0.717, 1.165) is 17.7 Å². The van der Waals surface area contributed by atoms with Crippen molar-refractivity contribution < 1.29 is 4.74 Å². The number of halogens is 2. The lowest BCUT2D eigenvalue weighted by atomic mass is 10.1. The Morgan fingerprint density at radius 3 is 2.32 bits per heavy atom. The van der Waals surface area contributed by atoms with Crippen LogP contribution in [0, 0.1) is 13.8 Å².